The molecular formula is C28H35N3O5. The number of carbonyl (C=O) groups excluding carboxylic acids is 2. The highest BCUT2D eigenvalue weighted by atomic mass is 16.5. The zero-order chi connectivity index (χ0) is 25.9. The van der Waals surface area contributed by atoms with Crippen LogP contribution in [0.1, 0.15) is 59.6 Å². The molecule has 8 heteroatoms. The molecule has 1 heterocycles. The van der Waals surface area contributed by atoms with Crippen LogP contribution in [0.15, 0.2) is 59.2 Å². The first kappa shape index (κ1) is 26.7. The van der Waals surface area contributed by atoms with Crippen molar-refractivity contribution in [2.45, 2.75) is 39.7 Å². The number of carbonyl (C=O) groups is 2. The Morgan fingerprint density at radius 2 is 1.69 bits per heavy atom. The molecule has 8 nitrogen and oxygen atoms in total. The first-order chi connectivity index (χ1) is 17.5. The lowest BCUT2D eigenvalue weighted by Gasteiger charge is -2.26. The number of benzene rings is 2. The SMILES string of the molecule is CCCCN(Cc1ccco1)c1ccc(NC(=O)c2cc(OC)cc(OC)c2)cc1C(=O)NCCC. The summed E-state index contributed by atoms with van der Waals surface area (Å²) in [6, 6.07) is 14.2. The van der Waals surface area contributed by atoms with Crippen LogP contribution in [0.5, 0.6) is 11.5 Å². The number of anilines is 2. The van der Waals surface area contributed by atoms with Gasteiger partial charge in [0.1, 0.15) is 17.3 Å². The van der Waals surface area contributed by atoms with Crippen LogP contribution >= 0.6 is 0 Å². The van der Waals surface area contributed by atoms with Crippen molar-refractivity contribution in [2.75, 3.05) is 37.5 Å². The standard InChI is InChI=1S/C28H35N3O5/c1-5-7-13-31(19-22-9-8-14-36-22)26-11-10-21(17-25(26)28(33)29-12-6-2)30-27(32)20-15-23(34-3)18-24(16-20)35-4/h8-11,14-18H,5-7,12-13,19H2,1-4H3,(H,29,33)(H,30,32). The van der Waals surface area contributed by atoms with E-state index in [1.807, 2.05) is 31.2 Å². The molecule has 2 N–H and O–H groups in total. The predicted molar refractivity (Wildman–Crippen MR) is 141 cm³/mol. The summed E-state index contributed by atoms with van der Waals surface area (Å²) in [5.74, 6) is 1.32. The second kappa shape index (κ2) is 13.2. The maximum Gasteiger partial charge on any atom is 0.255 e. The molecule has 2 amide bonds. The van der Waals surface area contributed by atoms with Crippen LogP contribution in [-0.4, -0.2) is 39.1 Å². The van der Waals surface area contributed by atoms with Crippen molar-refractivity contribution >= 4 is 23.2 Å². The molecule has 192 valence electrons. The molecule has 0 saturated carbocycles. The summed E-state index contributed by atoms with van der Waals surface area (Å²) in [6.07, 6.45) is 4.45. The lowest BCUT2D eigenvalue weighted by Crippen LogP contribution is -2.30. The molecule has 0 aliphatic rings. The number of furan rings is 1. The van der Waals surface area contributed by atoms with Crippen molar-refractivity contribution in [1.29, 1.82) is 0 Å². The van der Waals surface area contributed by atoms with E-state index in [1.54, 1.807) is 30.5 Å². The summed E-state index contributed by atoms with van der Waals surface area (Å²) in [7, 11) is 3.06. The fraction of sp³-hybridized carbons (Fsp3) is 0.357. The van der Waals surface area contributed by atoms with E-state index in [2.05, 4.69) is 22.5 Å². The molecular weight excluding hydrogens is 458 g/mol. The number of unbranched alkanes of at least 4 members (excludes halogenated alkanes) is 1. The van der Waals surface area contributed by atoms with Crippen LogP contribution in [0.25, 0.3) is 0 Å². The van der Waals surface area contributed by atoms with Gasteiger partial charge in [-0.3, -0.25) is 9.59 Å². The Morgan fingerprint density at radius 3 is 2.31 bits per heavy atom. The first-order valence-electron chi connectivity index (χ1n) is 12.2. The quantitative estimate of drug-likeness (QED) is 0.327. The van der Waals surface area contributed by atoms with Crippen LogP contribution in [0, 0.1) is 0 Å². The Balaban J connectivity index is 1.94. The fourth-order valence-corrected chi connectivity index (χ4v) is 3.77. The van der Waals surface area contributed by atoms with E-state index >= 15 is 0 Å². The number of nitrogens with one attached hydrogen (secondary N) is 2. The van der Waals surface area contributed by atoms with Crippen LogP contribution in [-0.2, 0) is 6.54 Å². The van der Waals surface area contributed by atoms with E-state index in [0.29, 0.717) is 41.4 Å². The molecule has 0 aliphatic carbocycles. The van der Waals surface area contributed by atoms with Crippen molar-refractivity contribution in [1.82, 2.24) is 5.32 Å². The number of ether oxygens (including phenoxy) is 2. The molecule has 0 atom stereocenters. The normalized spacial score (nSPS) is 10.6. The van der Waals surface area contributed by atoms with Crippen LogP contribution < -0.4 is 25.0 Å². The smallest absolute Gasteiger partial charge is 0.255 e. The van der Waals surface area contributed by atoms with Crippen molar-refractivity contribution < 1.29 is 23.5 Å². The third-order valence-corrected chi connectivity index (χ3v) is 5.70. The monoisotopic (exact) mass is 493 g/mol. The van der Waals surface area contributed by atoms with Crippen LogP contribution in [0.2, 0.25) is 0 Å². The molecule has 0 spiro atoms. The third kappa shape index (κ3) is 7.04. The second-order valence-corrected chi connectivity index (χ2v) is 8.40. The average Bonchev–Trinajstić information content (AvgIpc) is 3.42. The number of nitrogens with zero attached hydrogens (tertiary/aromatic N) is 1. The van der Waals surface area contributed by atoms with Gasteiger partial charge in [-0.1, -0.05) is 20.3 Å². The lowest BCUT2D eigenvalue weighted by molar-refractivity contribution is 0.0952. The Morgan fingerprint density at radius 1 is 0.944 bits per heavy atom. The van der Waals surface area contributed by atoms with Gasteiger partial charge >= 0.3 is 0 Å². The molecule has 0 fully saturated rings. The molecule has 0 unspecified atom stereocenters. The first-order valence-corrected chi connectivity index (χ1v) is 12.2. The Hall–Kier alpha value is -3.94. The number of hydrogen-bond donors (Lipinski definition) is 2. The van der Waals surface area contributed by atoms with Gasteiger partial charge in [-0.2, -0.15) is 0 Å². The van der Waals surface area contributed by atoms with Gasteiger partial charge in [-0.25, -0.2) is 0 Å². The zero-order valence-corrected chi connectivity index (χ0v) is 21.4. The summed E-state index contributed by atoms with van der Waals surface area (Å²) >= 11 is 0. The molecule has 0 aliphatic heterocycles. The number of rotatable bonds is 13. The number of methoxy groups -OCH3 is 2. The van der Waals surface area contributed by atoms with Gasteiger partial charge in [0.15, 0.2) is 0 Å². The zero-order valence-electron chi connectivity index (χ0n) is 21.4. The van der Waals surface area contributed by atoms with E-state index in [0.717, 1.165) is 37.3 Å². The molecule has 36 heavy (non-hydrogen) atoms. The maximum absolute atomic E-state index is 13.2. The Kier molecular flexibility index (Phi) is 9.80. The third-order valence-electron chi connectivity index (χ3n) is 5.70. The number of hydrogen-bond acceptors (Lipinski definition) is 6. The van der Waals surface area contributed by atoms with Crippen molar-refractivity contribution in [3.63, 3.8) is 0 Å². The minimum absolute atomic E-state index is 0.188. The van der Waals surface area contributed by atoms with Gasteiger partial charge in [0.05, 0.1) is 38.3 Å². The highest BCUT2D eigenvalue weighted by Gasteiger charge is 2.19. The van der Waals surface area contributed by atoms with Gasteiger partial charge in [0, 0.05) is 30.4 Å². The summed E-state index contributed by atoms with van der Waals surface area (Å²) in [4.78, 5) is 28.3. The Bertz CT molecular complexity index is 1120. The van der Waals surface area contributed by atoms with Gasteiger partial charge < -0.3 is 29.4 Å². The van der Waals surface area contributed by atoms with Gasteiger partial charge in [-0.05, 0) is 55.3 Å². The van der Waals surface area contributed by atoms with E-state index in [9.17, 15) is 9.59 Å². The summed E-state index contributed by atoms with van der Waals surface area (Å²) < 4.78 is 16.1. The van der Waals surface area contributed by atoms with Gasteiger partial charge in [0.25, 0.3) is 11.8 Å². The molecule has 0 saturated heterocycles. The highest BCUT2D eigenvalue weighted by molar-refractivity contribution is 6.06. The topological polar surface area (TPSA) is 93.0 Å². The van der Waals surface area contributed by atoms with E-state index in [1.165, 1.54) is 14.2 Å². The van der Waals surface area contributed by atoms with E-state index in [-0.39, 0.29) is 11.8 Å². The largest absolute Gasteiger partial charge is 0.497 e. The second-order valence-electron chi connectivity index (χ2n) is 8.40. The Labute approximate surface area is 212 Å². The summed E-state index contributed by atoms with van der Waals surface area (Å²) in [5.41, 5.74) is 2.18. The molecule has 1 aromatic heterocycles. The highest BCUT2D eigenvalue weighted by Crippen LogP contribution is 2.28. The number of amides is 2. The minimum atomic E-state index is -0.335. The lowest BCUT2D eigenvalue weighted by atomic mass is 10.1. The van der Waals surface area contributed by atoms with Gasteiger partial charge in [0.2, 0.25) is 0 Å². The predicted octanol–water partition coefficient (Wildman–Crippen LogP) is 5.50. The summed E-state index contributed by atoms with van der Waals surface area (Å²) in [6.45, 7) is 6.00. The van der Waals surface area contributed by atoms with Crippen LogP contribution in [0.3, 0.4) is 0 Å². The molecule has 3 rings (SSSR count). The van der Waals surface area contributed by atoms with Gasteiger partial charge in [-0.15, -0.1) is 0 Å². The maximum atomic E-state index is 13.2. The van der Waals surface area contributed by atoms with Crippen molar-refractivity contribution in [2.24, 2.45) is 0 Å². The molecule has 3 aromatic rings. The van der Waals surface area contributed by atoms with Crippen molar-refractivity contribution in [3.8, 4) is 11.5 Å². The molecule has 0 radical (unpaired) electrons. The fourth-order valence-electron chi connectivity index (χ4n) is 3.77. The molecule has 0 bridgehead atoms. The van der Waals surface area contributed by atoms with Crippen LogP contribution in [0.4, 0.5) is 11.4 Å². The minimum Gasteiger partial charge on any atom is -0.497 e. The molecule has 2 aromatic carbocycles. The van der Waals surface area contributed by atoms with Crippen molar-refractivity contribution in [3.05, 3.63) is 71.7 Å². The summed E-state index contributed by atoms with van der Waals surface area (Å²) in [5, 5.41) is 5.87. The van der Waals surface area contributed by atoms with E-state index < -0.39 is 0 Å². The van der Waals surface area contributed by atoms with E-state index in [4.69, 9.17) is 13.9 Å². The average molecular weight is 494 g/mol.